The Labute approximate surface area is 333 Å². The number of methoxy groups -OCH3 is 2. The standard InChI is InChI=1S/C29H52N5O8P.C7H8.C3H8.C2H6/c1-7-17(2)26(33(4)24(36)15-30-29(38)25-19-10-11-20(13-19)32-25)22(41-5)14-23(35)34-12-8-9-21(34)27(42-6)18(3)28(37)31-16-43(39)40;1-7-5-3-2-4-6-7;1-3-2;1-2/h17-22,25-27,32,39-40H,7-16H2,1-6H3,(H,30,38)(H,31,37);2-6H,1H3;3H2,1-2H3;1-2H3. The van der Waals surface area contributed by atoms with Crippen LogP contribution in [0.3, 0.4) is 0 Å². The Morgan fingerprint density at radius 1 is 1.00 bits per heavy atom. The summed E-state index contributed by atoms with van der Waals surface area (Å²) in [7, 11) is 2.48. The van der Waals surface area contributed by atoms with E-state index >= 15 is 0 Å². The van der Waals surface area contributed by atoms with Crippen molar-refractivity contribution in [2.45, 2.75) is 143 Å². The number of ether oxygens (including phenoxy) is 2. The largest absolute Gasteiger partial charge is 0.379 e. The maximum Gasteiger partial charge on any atom is 0.242 e. The zero-order chi connectivity index (χ0) is 41.7. The maximum atomic E-state index is 13.7. The summed E-state index contributed by atoms with van der Waals surface area (Å²) in [6.07, 6.45) is 5.20. The van der Waals surface area contributed by atoms with Crippen molar-refractivity contribution in [3.8, 4) is 0 Å². The second kappa shape index (κ2) is 27.1. The number of carbonyl (C=O) groups is 4. The molecule has 0 aromatic heterocycles. The lowest BCUT2D eigenvalue weighted by Gasteiger charge is -2.39. The molecule has 13 nitrogen and oxygen atoms in total. The second-order valence-electron chi connectivity index (χ2n) is 14.7. The first kappa shape index (κ1) is 50.3. The third kappa shape index (κ3) is 16.0. The molecule has 0 spiro atoms. The lowest BCUT2D eigenvalue weighted by atomic mass is 9.90. The number of hydrogen-bond acceptors (Lipinski definition) is 9. The van der Waals surface area contributed by atoms with Crippen LogP contribution in [0, 0.1) is 24.7 Å². The van der Waals surface area contributed by atoms with Gasteiger partial charge < -0.3 is 45.0 Å². The van der Waals surface area contributed by atoms with Gasteiger partial charge in [-0.1, -0.05) is 97.2 Å². The van der Waals surface area contributed by atoms with Crippen LogP contribution >= 0.6 is 8.38 Å². The smallest absolute Gasteiger partial charge is 0.242 e. The topological polar surface area (TPSA) is 170 Å². The highest BCUT2D eigenvalue weighted by Gasteiger charge is 2.44. The molecule has 9 atom stereocenters. The Morgan fingerprint density at radius 2 is 1.64 bits per heavy atom. The molecular weight excluding hydrogens is 721 g/mol. The number of nitrogens with one attached hydrogen (secondary N) is 3. The molecular formula is C41H74N5O8P. The average Bonchev–Trinajstić information content (AvgIpc) is 3.96. The minimum absolute atomic E-state index is 0.0167. The van der Waals surface area contributed by atoms with Gasteiger partial charge in [-0.05, 0) is 50.9 Å². The minimum Gasteiger partial charge on any atom is -0.379 e. The molecule has 3 fully saturated rings. The summed E-state index contributed by atoms with van der Waals surface area (Å²) in [5.41, 5.74) is 1.32. The molecule has 1 aromatic carbocycles. The predicted molar refractivity (Wildman–Crippen MR) is 220 cm³/mol. The number of aryl methyl sites for hydroxylation is 1. The van der Waals surface area contributed by atoms with Gasteiger partial charge in [-0.2, -0.15) is 0 Å². The van der Waals surface area contributed by atoms with Crippen LogP contribution < -0.4 is 16.0 Å². The molecule has 9 unspecified atom stereocenters. The van der Waals surface area contributed by atoms with Crippen molar-refractivity contribution in [3.63, 3.8) is 0 Å². The summed E-state index contributed by atoms with van der Waals surface area (Å²) in [6, 6.07) is 9.67. The van der Waals surface area contributed by atoms with Gasteiger partial charge in [0.05, 0.1) is 55.5 Å². The first-order chi connectivity index (χ1) is 26.2. The number of fused-ring (bicyclic) bond motifs is 2. The van der Waals surface area contributed by atoms with E-state index in [1.54, 1.807) is 23.8 Å². The Kier molecular flexibility index (Phi) is 24.8. The van der Waals surface area contributed by atoms with Crippen LogP contribution in [-0.2, 0) is 28.7 Å². The summed E-state index contributed by atoms with van der Waals surface area (Å²) in [5, 5.41) is 8.70. The Balaban J connectivity index is 0.00000109. The Bertz CT molecular complexity index is 1260. The van der Waals surface area contributed by atoms with Gasteiger partial charge >= 0.3 is 0 Å². The molecule has 1 aromatic rings. The first-order valence-corrected chi connectivity index (χ1v) is 21.8. The SMILES string of the molecule is CC.CCC.CCC(C)C(C(CC(=O)N1CCCC1C(OC)C(C)C(=O)NCP(O)O)OC)N(C)C(=O)CNC(=O)C1NC2CCC1C2.Cc1ccccc1. The van der Waals surface area contributed by atoms with Crippen molar-refractivity contribution in [3.05, 3.63) is 35.9 Å². The van der Waals surface area contributed by atoms with Crippen LogP contribution in [0.4, 0.5) is 0 Å². The summed E-state index contributed by atoms with van der Waals surface area (Å²) in [5.74, 6) is -1.20. The van der Waals surface area contributed by atoms with Crippen LogP contribution in [0.5, 0.6) is 0 Å². The molecule has 2 aliphatic heterocycles. The number of nitrogens with zero attached hydrogens (tertiary/aromatic N) is 2. The average molecular weight is 796 g/mol. The third-order valence-electron chi connectivity index (χ3n) is 10.7. The number of carbonyl (C=O) groups excluding carboxylic acids is 4. The lowest BCUT2D eigenvalue weighted by molar-refractivity contribution is -0.145. The molecule has 14 heteroatoms. The number of benzene rings is 1. The van der Waals surface area contributed by atoms with Gasteiger partial charge in [0.25, 0.3) is 0 Å². The fourth-order valence-electron chi connectivity index (χ4n) is 7.72. The number of likely N-dealkylation sites (N-methyl/N-ethyl adjacent to an activating group) is 1. The van der Waals surface area contributed by atoms with Gasteiger partial charge in [0.1, 0.15) is 0 Å². The molecule has 5 N–H and O–H groups in total. The van der Waals surface area contributed by atoms with E-state index in [1.165, 1.54) is 26.2 Å². The number of likely N-dealkylation sites (tertiary alicyclic amines) is 1. The first-order valence-electron chi connectivity index (χ1n) is 20.3. The number of rotatable bonds is 16. The van der Waals surface area contributed by atoms with Crippen molar-refractivity contribution in [1.82, 2.24) is 25.8 Å². The molecule has 1 aliphatic carbocycles. The highest BCUT2D eigenvalue weighted by molar-refractivity contribution is 7.45. The van der Waals surface area contributed by atoms with Crippen molar-refractivity contribution >= 4 is 32.0 Å². The van der Waals surface area contributed by atoms with Crippen LogP contribution in [-0.4, -0.2) is 120 Å². The van der Waals surface area contributed by atoms with Crippen molar-refractivity contribution in [2.24, 2.45) is 17.8 Å². The zero-order valence-electron chi connectivity index (χ0n) is 35.5. The van der Waals surface area contributed by atoms with Gasteiger partial charge in [-0.25, -0.2) is 0 Å². The third-order valence-corrected chi connectivity index (χ3v) is 11.1. The van der Waals surface area contributed by atoms with Crippen molar-refractivity contribution in [1.29, 1.82) is 0 Å². The van der Waals surface area contributed by atoms with Crippen LogP contribution in [0.25, 0.3) is 0 Å². The van der Waals surface area contributed by atoms with Crippen LogP contribution in [0.1, 0.15) is 105 Å². The molecule has 1 saturated carbocycles. The number of hydrogen-bond donors (Lipinski definition) is 5. The van der Waals surface area contributed by atoms with Gasteiger partial charge in [0.2, 0.25) is 23.6 Å². The fourth-order valence-corrected chi connectivity index (χ4v) is 8.01. The van der Waals surface area contributed by atoms with E-state index in [-0.39, 0.29) is 60.9 Å². The van der Waals surface area contributed by atoms with E-state index in [4.69, 9.17) is 9.47 Å². The molecule has 2 bridgehead atoms. The van der Waals surface area contributed by atoms with Crippen LogP contribution in [0.2, 0.25) is 0 Å². The fraction of sp³-hybridized carbons (Fsp3) is 0.756. The van der Waals surface area contributed by atoms with E-state index in [9.17, 15) is 29.0 Å². The van der Waals surface area contributed by atoms with Crippen molar-refractivity contribution < 1.29 is 38.4 Å². The number of piperidine rings is 1. The van der Waals surface area contributed by atoms with Gasteiger partial charge in [0.15, 0.2) is 8.38 Å². The normalized spacial score (nSPS) is 22.3. The zero-order valence-corrected chi connectivity index (χ0v) is 36.4. The van der Waals surface area contributed by atoms with Gasteiger partial charge in [-0.15, -0.1) is 0 Å². The number of amides is 4. The molecule has 316 valence electrons. The van der Waals surface area contributed by atoms with E-state index < -0.39 is 32.5 Å². The summed E-state index contributed by atoms with van der Waals surface area (Å²) < 4.78 is 11.6. The Hall–Kier alpha value is -2.67. The molecule has 4 amide bonds. The van der Waals surface area contributed by atoms with E-state index in [0.29, 0.717) is 24.9 Å². The molecule has 0 radical (unpaired) electrons. The molecule has 55 heavy (non-hydrogen) atoms. The molecule has 2 saturated heterocycles. The highest BCUT2D eigenvalue weighted by atomic mass is 31.2. The van der Waals surface area contributed by atoms with Crippen molar-refractivity contribution in [2.75, 3.05) is 40.6 Å². The quantitative estimate of drug-likeness (QED) is 0.145. The summed E-state index contributed by atoms with van der Waals surface area (Å²) >= 11 is 0. The van der Waals surface area contributed by atoms with Gasteiger partial charge in [-0.3, -0.25) is 19.2 Å². The highest BCUT2D eigenvalue weighted by Crippen LogP contribution is 2.35. The van der Waals surface area contributed by atoms with Crippen LogP contribution in [0.15, 0.2) is 30.3 Å². The van der Waals surface area contributed by atoms with E-state index in [2.05, 4.69) is 48.9 Å². The minimum atomic E-state index is -2.26. The summed E-state index contributed by atoms with van der Waals surface area (Å²) in [4.78, 5) is 74.2. The lowest BCUT2D eigenvalue weighted by Crippen LogP contribution is -2.55. The second-order valence-corrected chi connectivity index (χ2v) is 15.8. The maximum absolute atomic E-state index is 13.7. The Morgan fingerprint density at radius 3 is 2.11 bits per heavy atom. The summed E-state index contributed by atoms with van der Waals surface area (Å²) in [6.45, 7) is 16.5. The van der Waals surface area contributed by atoms with E-state index in [0.717, 1.165) is 32.1 Å². The molecule has 3 aliphatic rings. The predicted octanol–water partition coefficient (Wildman–Crippen LogP) is 4.97. The molecule has 2 heterocycles. The van der Waals surface area contributed by atoms with E-state index in [1.807, 2.05) is 45.9 Å². The monoisotopic (exact) mass is 796 g/mol. The molecule has 4 rings (SSSR count). The van der Waals surface area contributed by atoms with Gasteiger partial charge in [0, 0.05) is 33.9 Å².